The number of nitriles is 1. The van der Waals surface area contributed by atoms with Gasteiger partial charge in [-0.2, -0.15) is 5.26 Å². The zero-order valence-electron chi connectivity index (χ0n) is 12.6. The third-order valence-electron chi connectivity index (χ3n) is 3.03. The first-order chi connectivity index (χ1) is 11.1. The van der Waals surface area contributed by atoms with Gasteiger partial charge < -0.3 is 5.32 Å². The molecular formula is C19H15ClN2O. The van der Waals surface area contributed by atoms with Gasteiger partial charge in [0.15, 0.2) is 0 Å². The van der Waals surface area contributed by atoms with E-state index in [2.05, 4.69) is 5.32 Å². The summed E-state index contributed by atoms with van der Waals surface area (Å²) >= 11 is 6.11. The molecule has 1 N–H and O–H groups in total. The molecule has 0 spiro atoms. The molecule has 0 unspecified atom stereocenters. The monoisotopic (exact) mass is 322 g/mol. The highest BCUT2D eigenvalue weighted by molar-refractivity contribution is 6.33. The molecule has 0 bridgehead atoms. The maximum atomic E-state index is 12.2. The lowest BCUT2D eigenvalue weighted by Crippen LogP contribution is -2.13. The molecule has 2 rings (SSSR count). The first kappa shape index (κ1) is 16.5. The minimum atomic E-state index is -0.488. The summed E-state index contributed by atoms with van der Waals surface area (Å²) in [6.07, 6.45) is 3.05. The summed E-state index contributed by atoms with van der Waals surface area (Å²) in [5, 5.41) is 12.2. The maximum absolute atomic E-state index is 12.2. The van der Waals surface area contributed by atoms with Crippen molar-refractivity contribution >= 4 is 29.3 Å². The van der Waals surface area contributed by atoms with Crippen molar-refractivity contribution in [2.45, 2.75) is 6.92 Å². The fourth-order valence-electron chi connectivity index (χ4n) is 1.96. The third kappa shape index (κ3) is 5.14. The zero-order chi connectivity index (χ0) is 16.7. The Kier molecular flexibility index (Phi) is 5.74. The molecule has 0 aliphatic carbocycles. The number of amides is 1. The lowest BCUT2D eigenvalue weighted by molar-refractivity contribution is -0.112. The van der Waals surface area contributed by atoms with E-state index in [1.165, 1.54) is 6.08 Å². The number of carbonyl (C=O) groups excluding carboxylic acids is 1. The molecule has 0 radical (unpaired) electrons. The average Bonchev–Trinajstić information content (AvgIpc) is 2.53. The molecule has 0 atom stereocenters. The van der Waals surface area contributed by atoms with Crippen LogP contribution in [0.2, 0.25) is 0 Å². The Bertz CT molecular complexity index is 802. The van der Waals surface area contributed by atoms with Crippen molar-refractivity contribution in [2.75, 3.05) is 5.32 Å². The minimum absolute atomic E-state index is 0.0521. The maximum Gasteiger partial charge on any atom is 0.266 e. The molecule has 0 saturated carbocycles. The van der Waals surface area contributed by atoms with Crippen LogP contribution < -0.4 is 5.32 Å². The van der Waals surface area contributed by atoms with Gasteiger partial charge in [-0.15, -0.1) is 0 Å². The van der Waals surface area contributed by atoms with E-state index in [0.29, 0.717) is 10.7 Å². The van der Waals surface area contributed by atoms with Gasteiger partial charge in [0.1, 0.15) is 11.6 Å². The molecule has 114 valence electrons. The highest BCUT2D eigenvalue weighted by Gasteiger charge is 2.09. The van der Waals surface area contributed by atoms with E-state index >= 15 is 0 Å². The summed E-state index contributed by atoms with van der Waals surface area (Å²) in [7, 11) is 0. The summed E-state index contributed by atoms with van der Waals surface area (Å²) in [5.74, 6) is -0.488. The van der Waals surface area contributed by atoms with Crippen LogP contribution in [0.1, 0.15) is 11.1 Å². The molecule has 0 fully saturated rings. The molecule has 0 aliphatic heterocycles. The summed E-state index contributed by atoms with van der Waals surface area (Å²) in [4.78, 5) is 12.2. The first-order valence-electron chi connectivity index (χ1n) is 7.00. The van der Waals surface area contributed by atoms with E-state index in [9.17, 15) is 10.1 Å². The van der Waals surface area contributed by atoms with E-state index < -0.39 is 5.91 Å². The fraction of sp³-hybridized carbons (Fsp3) is 0.0526. The van der Waals surface area contributed by atoms with E-state index in [-0.39, 0.29) is 5.57 Å². The molecule has 3 nitrogen and oxygen atoms in total. The van der Waals surface area contributed by atoms with Gasteiger partial charge in [0.05, 0.1) is 0 Å². The number of allylic oxidation sites excluding steroid dienone is 2. The van der Waals surface area contributed by atoms with E-state index in [1.807, 2.05) is 61.5 Å². The van der Waals surface area contributed by atoms with Crippen molar-refractivity contribution in [1.29, 1.82) is 5.26 Å². The molecule has 2 aromatic carbocycles. The van der Waals surface area contributed by atoms with Crippen LogP contribution in [0.15, 0.2) is 71.3 Å². The van der Waals surface area contributed by atoms with Crippen molar-refractivity contribution < 1.29 is 4.79 Å². The number of aryl methyl sites for hydroxylation is 1. The molecule has 0 heterocycles. The summed E-state index contributed by atoms with van der Waals surface area (Å²) in [6.45, 7) is 1.93. The van der Waals surface area contributed by atoms with Gasteiger partial charge in [-0.05, 0) is 42.3 Å². The van der Waals surface area contributed by atoms with E-state index in [1.54, 1.807) is 12.1 Å². The normalized spacial score (nSPS) is 11.7. The Labute approximate surface area is 140 Å². The first-order valence-corrected chi connectivity index (χ1v) is 7.38. The highest BCUT2D eigenvalue weighted by atomic mass is 35.5. The molecule has 23 heavy (non-hydrogen) atoms. The SMILES string of the molecule is Cc1cccc(NC(=O)/C(C#N)=C/C(Cl)=C/c2ccccc2)c1. The van der Waals surface area contributed by atoms with Gasteiger partial charge in [0.2, 0.25) is 0 Å². The lowest BCUT2D eigenvalue weighted by atomic mass is 10.1. The smallest absolute Gasteiger partial charge is 0.266 e. The largest absolute Gasteiger partial charge is 0.321 e. The highest BCUT2D eigenvalue weighted by Crippen LogP contribution is 2.15. The Balaban J connectivity index is 2.16. The van der Waals surface area contributed by atoms with Gasteiger partial charge in [-0.1, -0.05) is 54.1 Å². The van der Waals surface area contributed by atoms with E-state index in [4.69, 9.17) is 11.6 Å². The van der Waals surface area contributed by atoms with Crippen LogP contribution in [-0.2, 0) is 4.79 Å². The number of hydrogen-bond donors (Lipinski definition) is 1. The average molecular weight is 323 g/mol. The van der Waals surface area contributed by atoms with Crippen LogP contribution in [-0.4, -0.2) is 5.91 Å². The number of anilines is 1. The lowest BCUT2D eigenvalue weighted by Gasteiger charge is -2.05. The second-order valence-corrected chi connectivity index (χ2v) is 5.37. The Hall–Kier alpha value is -2.83. The second-order valence-electron chi connectivity index (χ2n) is 4.93. The predicted octanol–water partition coefficient (Wildman–Crippen LogP) is 4.66. The third-order valence-corrected chi connectivity index (χ3v) is 3.25. The van der Waals surface area contributed by atoms with Crippen molar-refractivity contribution in [3.05, 3.63) is 82.4 Å². The standard InChI is InChI=1S/C19H15ClN2O/c1-14-6-5-9-18(10-14)22-19(23)16(13-21)12-17(20)11-15-7-3-2-4-8-15/h2-12H,1H3,(H,22,23)/b16-12+,17-11-. The number of halogens is 1. The van der Waals surface area contributed by atoms with Crippen LogP contribution in [0, 0.1) is 18.3 Å². The zero-order valence-corrected chi connectivity index (χ0v) is 13.3. The van der Waals surface area contributed by atoms with Crippen molar-refractivity contribution in [2.24, 2.45) is 0 Å². The van der Waals surface area contributed by atoms with E-state index in [0.717, 1.165) is 11.1 Å². The number of rotatable bonds is 4. The van der Waals surface area contributed by atoms with Crippen LogP contribution >= 0.6 is 11.6 Å². The van der Waals surface area contributed by atoms with Crippen molar-refractivity contribution in [1.82, 2.24) is 0 Å². The number of benzene rings is 2. The van der Waals surface area contributed by atoms with Crippen molar-refractivity contribution in [3.63, 3.8) is 0 Å². The Morgan fingerprint density at radius 3 is 2.57 bits per heavy atom. The summed E-state index contributed by atoms with van der Waals surface area (Å²) < 4.78 is 0. The predicted molar refractivity (Wildman–Crippen MR) is 93.8 cm³/mol. The molecule has 0 aliphatic rings. The van der Waals surface area contributed by atoms with Gasteiger partial charge in [-0.3, -0.25) is 4.79 Å². The number of hydrogen-bond acceptors (Lipinski definition) is 2. The van der Waals surface area contributed by atoms with Crippen LogP contribution in [0.4, 0.5) is 5.69 Å². The fourth-order valence-corrected chi connectivity index (χ4v) is 2.19. The summed E-state index contributed by atoms with van der Waals surface area (Å²) in [6, 6.07) is 18.7. The molecule has 0 saturated heterocycles. The van der Waals surface area contributed by atoms with Gasteiger partial charge in [0.25, 0.3) is 5.91 Å². The van der Waals surface area contributed by atoms with Gasteiger partial charge >= 0.3 is 0 Å². The topological polar surface area (TPSA) is 52.9 Å². The van der Waals surface area contributed by atoms with Gasteiger partial charge in [-0.25, -0.2) is 0 Å². The second kappa shape index (κ2) is 7.98. The molecule has 2 aromatic rings. The number of nitrogens with zero attached hydrogens (tertiary/aromatic N) is 1. The summed E-state index contributed by atoms with van der Waals surface area (Å²) in [5.41, 5.74) is 2.50. The molecular weight excluding hydrogens is 308 g/mol. The number of nitrogens with one attached hydrogen (secondary N) is 1. The molecule has 1 amide bonds. The quantitative estimate of drug-likeness (QED) is 0.505. The minimum Gasteiger partial charge on any atom is -0.321 e. The van der Waals surface area contributed by atoms with Crippen LogP contribution in [0.5, 0.6) is 0 Å². The molecule has 0 aromatic heterocycles. The Morgan fingerprint density at radius 2 is 1.91 bits per heavy atom. The van der Waals surface area contributed by atoms with Crippen LogP contribution in [0.25, 0.3) is 6.08 Å². The van der Waals surface area contributed by atoms with Crippen molar-refractivity contribution in [3.8, 4) is 6.07 Å². The number of carbonyl (C=O) groups is 1. The Morgan fingerprint density at radius 1 is 1.17 bits per heavy atom. The molecule has 4 heteroatoms. The van der Waals surface area contributed by atoms with Gasteiger partial charge in [0, 0.05) is 10.7 Å². The van der Waals surface area contributed by atoms with Crippen LogP contribution in [0.3, 0.4) is 0 Å².